The Labute approximate surface area is 90.6 Å². The van der Waals surface area contributed by atoms with E-state index in [1.54, 1.807) is 6.08 Å². The van der Waals surface area contributed by atoms with E-state index in [0.717, 1.165) is 6.42 Å². The average Bonchev–Trinajstić information content (AvgIpc) is 2.24. The lowest BCUT2D eigenvalue weighted by atomic mass is 9.97. The van der Waals surface area contributed by atoms with Crippen LogP contribution in [0.15, 0.2) is 17.8 Å². The standard InChI is InChI=1S/C11H19NO3/c1-4-6-9(2)10(12-14)7-5-8-11(13)15-3/h4,9,14H,1,5-8H2,2-3H3. The third-order valence-corrected chi connectivity index (χ3v) is 2.26. The van der Waals surface area contributed by atoms with Gasteiger partial charge in [0, 0.05) is 12.3 Å². The molecule has 0 aliphatic heterocycles. The SMILES string of the molecule is C=CCC(C)C(CCCC(=O)OC)=NO. The topological polar surface area (TPSA) is 58.9 Å². The Morgan fingerprint density at radius 1 is 1.60 bits per heavy atom. The molecule has 15 heavy (non-hydrogen) atoms. The van der Waals surface area contributed by atoms with Crippen LogP contribution in [0.3, 0.4) is 0 Å². The van der Waals surface area contributed by atoms with E-state index in [9.17, 15) is 4.79 Å². The van der Waals surface area contributed by atoms with Crippen LogP contribution in [0.4, 0.5) is 0 Å². The molecule has 0 saturated heterocycles. The van der Waals surface area contributed by atoms with Crippen molar-refractivity contribution in [1.82, 2.24) is 0 Å². The molecule has 0 aromatic carbocycles. The molecule has 1 unspecified atom stereocenters. The highest BCUT2D eigenvalue weighted by molar-refractivity contribution is 5.86. The van der Waals surface area contributed by atoms with Crippen LogP contribution in [0.5, 0.6) is 0 Å². The number of hydrogen-bond acceptors (Lipinski definition) is 4. The molecule has 0 aromatic heterocycles. The van der Waals surface area contributed by atoms with E-state index in [-0.39, 0.29) is 11.9 Å². The number of methoxy groups -OCH3 is 1. The first-order chi connectivity index (χ1) is 7.15. The van der Waals surface area contributed by atoms with Gasteiger partial charge in [0.15, 0.2) is 0 Å². The molecule has 0 radical (unpaired) electrons. The Morgan fingerprint density at radius 3 is 2.73 bits per heavy atom. The zero-order valence-electron chi connectivity index (χ0n) is 9.40. The van der Waals surface area contributed by atoms with Crippen molar-refractivity contribution in [2.24, 2.45) is 11.1 Å². The number of hydrogen-bond donors (Lipinski definition) is 1. The van der Waals surface area contributed by atoms with E-state index in [2.05, 4.69) is 16.5 Å². The summed E-state index contributed by atoms with van der Waals surface area (Å²) in [6, 6.07) is 0. The van der Waals surface area contributed by atoms with E-state index in [1.807, 2.05) is 6.92 Å². The number of nitrogens with zero attached hydrogens (tertiary/aromatic N) is 1. The van der Waals surface area contributed by atoms with Crippen LogP contribution < -0.4 is 0 Å². The van der Waals surface area contributed by atoms with Crippen molar-refractivity contribution in [3.8, 4) is 0 Å². The Hall–Kier alpha value is -1.32. The van der Waals surface area contributed by atoms with Gasteiger partial charge < -0.3 is 9.94 Å². The van der Waals surface area contributed by atoms with Crippen molar-refractivity contribution in [2.45, 2.75) is 32.6 Å². The van der Waals surface area contributed by atoms with E-state index in [0.29, 0.717) is 25.0 Å². The number of allylic oxidation sites excluding steroid dienone is 1. The van der Waals surface area contributed by atoms with Crippen molar-refractivity contribution in [3.63, 3.8) is 0 Å². The molecule has 4 heteroatoms. The zero-order valence-corrected chi connectivity index (χ0v) is 9.40. The summed E-state index contributed by atoms with van der Waals surface area (Å²) in [6.07, 6.45) is 4.18. The van der Waals surface area contributed by atoms with Gasteiger partial charge in [-0.15, -0.1) is 6.58 Å². The molecule has 0 saturated carbocycles. The maximum atomic E-state index is 10.8. The molecule has 0 amide bonds. The quantitative estimate of drug-likeness (QED) is 0.232. The predicted octanol–water partition coefficient (Wildman–Crippen LogP) is 2.37. The molecule has 0 heterocycles. The Balaban J connectivity index is 3.91. The summed E-state index contributed by atoms with van der Waals surface area (Å²) in [7, 11) is 1.36. The highest BCUT2D eigenvalue weighted by Crippen LogP contribution is 2.11. The summed E-state index contributed by atoms with van der Waals surface area (Å²) in [5.41, 5.74) is 0.707. The minimum atomic E-state index is -0.233. The van der Waals surface area contributed by atoms with E-state index >= 15 is 0 Å². The van der Waals surface area contributed by atoms with Gasteiger partial charge in [-0.25, -0.2) is 0 Å². The van der Waals surface area contributed by atoms with Gasteiger partial charge >= 0.3 is 5.97 Å². The van der Waals surface area contributed by atoms with Crippen molar-refractivity contribution in [3.05, 3.63) is 12.7 Å². The number of rotatable bonds is 7. The normalized spacial score (nSPS) is 13.3. The van der Waals surface area contributed by atoms with Gasteiger partial charge in [0.05, 0.1) is 12.8 Å². The fourth-order valence-electron chi connectivity index (χ4n) is 1.30. The van der Waals surface area contributed by atoms with Gasteiger partial charge in [0.1, 0.15) is 0 Å². The average molecular weight is 213 g/mol. The first-order valence-electron chi connectivity index (χ1n) is 5.04. The number of carbonyl (C=O) groups is 1. The minimum absolute atomic E-state index is 0.171. The molecule has 0 aromatic rings. The molecule has 86 valence electrons. The second-order valence-electron chi connectivity index (χ2n) is 3.45. The third-order valence-electron chi connectivity index (χ3n) is 2.26. The number of oxime groups is 1. The molecular formula is C11H19NO3. The Morgan fingerprint density at radius 2 is 2.27 bits per heavy atom. The predicted molar refractivity (Wildman–Crippen MR) is 59.1 cm³/mol. The molecule has 4 nitrogen and oxygen atoms in total. The van der Waals surface area contributed by atoms with Crippen molar-refractivity contribution < 1.29 is 14.7 Å². The molecule has 1 atom stereocenters. The largest absolute Gasteiger partial charge is 0.469 e. The van der Waals surface area contributed by atoms with Crippen molar-refractivity contribution in [2.75, 3.05) is 7.11 Å². The highest BCUT2D eigenvalue weighted by atomic mass is 16.5. The summed E-state index contributed by atoms with van der Waals surface area (Å²) in [6.45, 7) is 5.60. The van der Waals surface area contributed by atoms with Gasteiger partial charge in [-0.1, -0.05) is 18.2 Å². The zero-order chi connectivity index (χ0) is 11.7. The van der Waals surface area contributed by atoms with Crippen LogP contribution in [0.1, 0.15) is 32.6 Å². The Kier molecular flexibility index (Phi) is 7.32. The van der Waals surface area contributed by atoms with Crippen LogP contribution in [0, 0.1) is 5.92 Å². The third kappa shape index (κ3) is 5.88. The molecule has 0 aliphatic carbocycles. The number of carbonyl (C=O) groups excluding carboxylic acids is 1. The molecule has 1 N–H and O–H groups in total. The van der Waals surface area contributed by atoms with Gasteiger partial charge in [-0.2, -0.15) is 0 Å². The Bertz CT molecular complexity index is 236. The molecule has 0 bridgehead atoms. The maximum Gasteiger partial charge on any atom is 0.305 e. The minimum Gasteiger partial charge on any atom is -0.469 e. The fraction of sp³-hybridized carbons (Fsp3) is 0.636. The molecule has 0 fully saturated rings. The second kappa shape index (κ2) is 8.03. The van der Waals surface area contributed by atoms with Crippen LogP contribution >= 0.6 is 0 Å². The van der Waals surface area contributed by atoms with E-state index < -0.39 is 0 Å². The van der Waals surface area contributed by atoms with Crippen LogP contribution in [-0.2, 0) is 9.53 Å². The van der Waals surface area contributed by atoms with Gasteiger partial charge in [0.2, 0.25) is 0 Å². The van der Waals surface area contributed by atoms with Crippen LogP contribution in [0.25, 0.3) is 0 Å². The first kappa shape index (κ1) is 13.7. The van der Waals surface area contributed by atoms with Crippen molar-refractivity contribution >= 4 is 11.7 Å². The number of esters is 1. The van der Waals surface area contributed by atoms with Gasteiger partial charge in [0.25, 0.3) is 0 Å². The van der Waals surface area contributed by atoms with Crippen molar-refractivity contribution in [1.29, 1.82) is 0 Å². The molecular weight excluding hydrogens is 194 g/mol. The summed E-state index contributed by atoms with van der Waals surface area (Å²) in [5, 5.41) is 12.0. The summed E-state index contributed by atoms with van der Waals surface area (Å²) < 4.78 is 4.52. The highest BCUT2D eigenvalue weighted by Gasteiger charge is 2.10. The lowest BCUT2D eigenvalue weighted by Gasteiger charge is -2.10. The van der Waals surface area contributed by atoms with Crippen LogP contribution in [0.2, 0.25) is 0 Å². The van der Waals surface area contributed by atoms with Gasteiger partial charge in [-0.3, -0.25) is 4.79 Å². The monoisotopic (exact) mass is 213 g/mol. The number of ether oxygens (including phenoxy) is 1. The summed E-state index contributed by atoms with van der Waals surface area (Å²) in [4.78, 5) is 10.8. The molecule has 0 spiro atoms. The van der Waals surface area contributed by atoms with Gasteiger partial charge in [-0.05, 0) is 19.3 Å². The smallest absolute Gasteiger partial charge is 0.305 e. The van der Waals surface area contributed by atoms with Crippen LogP contribution in [-0.4, -0.2) is 24.0 Å². The summed E-state index contributed by atoms with van der Waals surface area (Å²) >= 11 is 0. The first-order valence-corrected chi connectivity index (χ1v) is 5.04. The lowest BCUT2D eigenvalue weighted by Crippen LogP contribution is -2.11. The molecule has 0 rings (SSSR count). The van der Waals surface area contributed by atoms with E-state index in [1.165, 1.54) is 7.11 Å². The maximum absolute atomic E-state index is 10.8. The van der Waals surface area contributed by atoms with E-state index in [4.69, 9.17) is 5.21 Å². The lowest BCUT2D eigenvalue weighted by molar-refractivity contribution is -0.140. The summed E-state index contributed by atoms with van der Waals surface area (Å²) in [5.74, 6) is -0.0613. The second-order valence-corrected chi connectivity index (χ2v) is 3.45. The molecule has 0 aliphatic rings. The fourth-order valence-corrected chi connectivity index (χ4v) is 1.30.